The van der Waals surface area contributed by atoms with E-state index in [-0.39, 0.29) is 17.7 Å². The highest BCUT2D eigenvalue weighted by Crippen LogP contribution is 2.47. The van der Waals surface area contributed by atoms with Crippen LogP contribution in [0.5, 0.6) is 0 Å². The van der Waals surface area contributed by atoms with Gasteiger partial charge in [0.25, 0.3) is 0 Å². The molecule has 0 atom stereocenters. The summed E-state index contributed by atoms with van der Waals surface area (Å²) in [7, 11) is 0. The van der Waals surface area contributed by atoms with E-state index in [1.165, 1.54) is 6.92 Å². The van der Waals surface area contributed by atoms with Crippen LogP contribution in [0.15, 0.2) is 22.8 Å². The number of hydrogen-bond acceptors (Lipinski definition) is 4. The van der Waals surface area contributed by atoms with Crippen molar-refractivity contribution in [2.75, 3.05) is 26.2 Å². The molecular formula is C16H21N3O4. The summed E-state index contributed by atoms with van der Waals surface area (Å²) in [5, 5.41) is 2.79. The second-order valence-electron chi connectivity index (χ2n) is 6.14. The van der Waals surface area contributed by atoms with Crippen LogP contribution in [0.25, 0.3) is 0 Å². The number of carbonyl (C=O) groups is 3. The lowest BCUT2D eigenvalue weighted by Crippen LogP contribution is -2.54. The molecule has 7 heteroatoms. The minimum atomic E-state index is -0.912. The summed E-state index contributed by atoms with van der Waals surface area (Å²) in [6.07, 6.45) is 2.72. The number of nitrogens with zero attached hydrogens (tertiary/aromatic N) is 2. The van der Waals surface area contributed by atoms with Crippen LogP contribution in [0, 0.1) is 5.41 Å². The second-order valence-corrected chi connectivity index (χ2v) is 6.14. The van der Waals surface area contributed by atoms with Gasteiger partial charge in [-0.3, -0.25) is 14.4 Å². The fraction of sp³-hybridized carbons (Fsp3) is 0.562. The molecule has 23 heavy (non-hydrogen) atoms. The predicted molar refractivity (Wildman–Crippen MR) is 81.1 cm³/mol. The van der Waals surface area contributed by atoms with Gasteiger partial charge in [-0.05, 0) is 25.0 Å². The molecule has 0 spiro atoms. The zero-order valence-corrected chi connectivity index (χ0v) is 13.2. The van der Waals surface area contributed by atoms with Crippen molar-refractivity contribution in [2.24, 2.45) is 5.41 Å². The lowest BCUT2D eigenvalue weighted by Gasteiger charge is -2.35. The van der Waals surface area contributed by atoms with Crippen LogP contribution in [0.2, 0.25) is 0 Å². The molecule has 1 aliphatic heterocycles. The number of nitrogens with one attached hydrogen (secondary N) is 1. The molecule has 1 aromatic heterocycles. The Bertz CT molecular complexity index is 599. The SMILES string of the molecule is CC(=O)N1CCN(C(=O)C2(C(=O)NCc3ccco3)CC2)CC1. The van der Waals surface area contributed by atoms with Crippen LogP contribution in [0.1, 0.15) is 25.5 Å². The van der Waals surface area contributed by atoms with E-state index in [1.807, 2.05) is 0 Å². The minimum absolute atomic E-state index is 0.0226. The van der Waals surface area contributed by atoms with E-state index in [0.29, 0.717) is 51.3 Å². The topological polar surface area (TPSA) is 82.9 Å². The molecule has 2 heterocycles. The van der Waals surface area contributed by atoms with Crippen molar-refractivity contribution >= 4 is 17.7 Å². The molecule has 1 saturated carbocycles. The number of amides is 3. The zero-order chi connectivity index (χ0) is 16.4. The van der Waals surface area contributed by atoms with Crippen LogP contribution in [0.4, 0.5) is 0 Å². The lowest BCUT2D eigenvalue weighted by atomic mass is 10.0. The van der Waals surface area contributed by atoms with Crippen molar-refractivity contribution in [2.45, 2.75) is 26.3 Å². The van der Waals surface area contributed by atoms with E-state index in [4.69, 9.17) is 4.42 Å². The van der Waals surface area contributed by atoms with E-state index in [9.17, 15) is 14.4 Å². The Balaban J connectivity index is 1.56. The first-order valence-electron chi connectivity index (χ1n) is 7.88. The van der Waals surface area contributed by atoms with Gasteiger partial charge in [-0.25, -0.2) is 0 Å². The summed E-state index contributed by atoms with van der Waals surface area (Å²) in [5.74, 6) is 0.344. The van der Waals surface area contributed by atoms with Crippen molar-refractivity contribution in [1.29, 1.82) is 0 Å². The van der Waals surface area contributed by atoms with E-state index in [2.05, 4.69) is 5.32 Å². The monoisotopic (exact) mass is 319 g/mol. The summed E-state index contributed by atoms with van der Waals surface area (Å²) in [4.78, 5) is 39.9. The highest BCUT2D eigenvalue weighted by atomic mass is 16.3. The Morgan fingerprint density at radius 3 is 2.35 bits per heavy atom. The molecule has 0 bridgehead atoms. The van der Waals surface area contributed by atoms with Crippen LogP contribution in [-0.2, 0) is 20.9 Å². The molecule has 3 rings (SSSR count). The lowest BCUT2D eigenvalue weighted by molar-refractivity contribution is -0.147. The van der Waals surface area contributed by atoms with Gasteiger partial charge in [0.05, 0.1) is 12.8 Å². The molecule has 0 unspecified atom stereocenters. The largest absolute Gasteiger partial charge is 0.467 e. The number of carbonyl (C=O) groups excluding carboxylic acids is 3. The number of rotatable bonds is 4. The maximum Gasteiger partial charge on any atom is 0.238 e. The molecule has 124 valence electrons. The van der Waals surface area contributed by atoms with Gasteiger partial charge in [-0.2, -0.15) is 0 Å². The van der Waals surface area contributed by atoms with Gasteiger partial charge < -0.3 is 19.5 Å². The molecule has 3 amide bonds. The first-order valence-corrected chi connectivity index (χ1v) is 7.88. The molecule has 0 aromatic carbocycles. The smallest absolute Gasteiger partial charge is 0.238 e. The Morgan fingerprint density at radius 2 is 1.83 bits per heavy atom. The van der Waals surface area contributed by atoms with Gasteiger partial charge >= 0.3 is 0 Å². The van der Waals surface area contributed by atoms with E-state index < -0.39 is 5.41 Å². The normalized spacial score (nSPS) is 19.3. The van der Waals surface area contributed by atoms with E-state index in [1.54, 1.807) is 28.2 Å². The summed E-state index contributed by atoms with van der Waals surface area (Å²) < 4.78 is 5.18. The highest BCUT2D eigenvalue weighted by molar-refractivity contribution is 6.07. The highest BCUT2D eigenvalue weighted by Gasteiger charge is 2.58. The first kappa shape index (κ1) is 15.6. The Morgan fingerprint density at radius 1 is 1.17 bits per heavy atom. The van der Waals surface area contributed by atoms with Gasteiger partial charge in [-0.15, -0.1) is 0 Å². The number of furan rings is 1. The van der Waals surface area contributed by atoms with Crippen molar-refractivity contribution in [3.63, 3.8) is 0 Å². The third-order valence-corrected chi connectivity index (χ3v) is 4.61. The quantitative estimate of drug-likeness (QED) is 0.813. The molecule has 2 fully saturated rings. The molecule has 0 radical (unpaired) electrons. The number of piperazine rings is 1. The van der Waals surface area contributed by atoms with Crippen LogP contribution < -0.4 is 5.32 Å². The Kier molecular flexibility index (Phi) is 4.11. The van der Waals surface area contributed by atoms with Crippen LogP contribution in [0.3, 0.4) is 0 Å². The van der Waals surface area contributed by atoms with Gasteiger partial charge in [0.1, 0.15) is 11.2 Å². The van der Waals surface area contributed by atoms with E-state index >= 15 is 0 Å². The maximum absolute atomic E-state index is 12.7. The summed E-state index contributed by atoms with van der Waals surface area (Å²) in [6.45, 7) is 3.87. The Hall–Kier alpha value is -2.31. The van der Waals surface area contributed by atoms with Crippen LogP contribution >= 0.6 is 0 Å². The van der Waals surface area contributed by atoms with Crippen LogP contribution in [-0.4, -0.2) is 53.7 Å². The fourth-order valence-corrected chi connectivity index (χ4v) is 2.94. The maximum atomic E-state index is 12.7. The van der Waals surface area contributed by atoms with Gasteiger partial charge in [0.2, 0.25) is 17.7 Å². The molecule has 7 nitrogen and oxygen atoms in total. The minimum Gasteiger partial charge on any atom is -0.467 e. The molecule has 1 saturated heterocycles. The van der Waals surface area contributed by atoms with Gasteiger partial charge in [0, 0.05) is 33.1 Å². The van der Waals surface area contributed by atoms with Gasteiger partial charge in [-0.1, -0.05) is 0 Å². The third kappa shape index (κ3) is 3.09. The predicted octanol–water partition coefficient (Wildman–Crippen LogP) is 0.367. The third-order valence-electron chi connectivity index (χ3n) is 4.61. The Labute approximate surface area is 134 Å². The molecule has 1 aromatic rings. The van der Waals surface area contributed by atoms with Crippen molar-refractivity contribution < 1.29 is 18.8 Å². The van der Waals surface area contributed by atoms with Gasteiger partial charge in [0.15, 0.2) is 0 Å². The molecule has 1 N–H and O–H groups in total. The van der Waals surface area contributed by atoms with E-state index in [0.717, 1.165) is 0 Å². The number of hydrogen-bond donors (Lipinski definition) is 1. The summed E-state index contributed by atoms with van der Waals surface area (Å²) >= 11 is 0. The zero-order valence-electron chi connectivity index (χ0n) is 13.2. The first-order chi connectivity index (χ1) is 11.0. The van der Waals surface area contributed by atoms with Crippen molar-refractivity contribution in [3.05, 3.63) is 24.2 Å². The second kappa shape index (κ2) is 6.06. The molecular weight excluding hydrogens is 298 g/mol. The molecule has 2 aliphatic rings. The summed E-state index contributed by atoms with van der Waals surface area (Å²) in [5.41, 5.74) is -0.912. The average Bonchev–Trinajstić information content (AvgIpc) is 3.21. The summed E-state index contributed by atoms with van der Waals surface area (Å²) in [6, 6.07) is 3.54. The average molecular weight is 319 g/mol. The standard InChI is InChI=1S/C16H21N3O4/c1-12(20)18-6-8-19(9-7-18)15(22)16(4-5-16)14(21)17-11-13-3-2-10-23-13/h2-3,10H,4-9,11H2,1H3,(H,17,21). The fourth-order valence-electron chi connectivity index (χ4n) is 2.94. The van der Waals surface area contributed by atoms with Crippen molar-refractivity contribution in [1.82, 2.24) is 15.1 Å². The van der Waals surface area contributed by atoms with Crippen molar-refractivity contribution in [3.8, 4) is 0 Å². The molecule has 1 aliphatic carbocycles.